The number of aromatic nitrogens is 4. The van der Waals surface area contributed by atoms with Crippen LogP contribution in [0.1, 0.15) is 49.9 Å². The molecule has 13 N–H and O–H groups in total. The number of terminal acetylenes is 1. The molecule has 0 atom stereocenters. The van der Waals surface area contributed by atoms with Gasteiger partial charge in [-0.3, -0.25) is 0 Å². The molecule has 0 amide bonds. The van der Waals surface area contributed by atoms with E-state index >= 15 is 0 Å². The standard InChI is InChI=1S/C20H17N3O.C10H9ClN2.C10H9NO.2C2H6.C2H.4H2O/c1-12-9-16-18(10-13(12)2)21-11-22-20(16)23-17-7-8-19(24)15-6-4-3-5-14(15)17;1-6-3-8-9(4-7(6)2)12-5-13-10(8)11;11-9-5-6-10(12)8-4-2-1-3-7(8)9;3*1-2;;;;/h3-11,24H,1-2H3,(H,21,22,23);3-5H,1-2H3;1-6,12H,11H2;2*1-2H3;1H;4*1H2/q;;;;;-1;;;;. The molecule has 0 unspecified atom stereocenters. The number of aryl methyl sites for hydroxylation is 4. The quantitative estimate of drug-likeness (QED) is 0.0429. The summed E-state index contributed by atoms with van der Waals surface area (Å²) < 4.78 is 0. The highest BCUT2D eigenvalue weighted by Gasteiger charge is 2.10. The molecule has 0 bridgehead atoms. The van der Waals surface area contributed by atoms with Gasteiger partial charge in [-0.2, -0.15) is 0 Å². The van der Waals surface area contributed by atoms with Crippen LogP contribution < -0.4 is 11.1 Å². The molecule has 2 aromatic heterocycles. The van der Waals surface area contributed by atoms with Gasteiger partial charge in [-0.15, -0.1) is 0 Å². The van der Waals surface area contributed by atoms with Crippen LogP contribution in [0.25, 0.3) is 43.4 Å². The van der Waals surface area contributed by atoms with Gasteiger partial charge in [0.1, 0.15) is 35.1 Å². The summed E-state index contributed by atoms with van der Waals surface area (Å²) in [4.78, 5) is 16.9. The lowest BCUT2D eigenvalue weighted by Gasteiger charge is -2.13. The lowest BCUT2D eigenvalue weighted by molar-refractivity contribution is 0.481. The van der Waals surface area contributed by atoms with Crippen LogP contribution in [0.5, 0.6) is 11.5 Å². The number of nitrogen functional groups attached to an aromatic ring is 1. The number of anilines is 3. The first kappa shape index (κ1) is 54.5. The molecule has 0 aliphatic carbocycles. The number of nitrogens with two attached hydrogens (primary N) is 1. The normalized spacial score (nSPS) is 9.20. The summed E-state index contributed by atoms with van der Waals surface area (Å²) in [6.45, 7) is 16.3. The molecule has 8 rings (SSSR count). The predicted octanol–water partition coefficient (Wildman–Crippen LogP) is 8.84. The zero-order valence-electron chi connectivity index (χ0n) is 34.6. The Balaban J connectivity index is 0. The molecular formula is C46H56ClN6O6-. The van der Waals surface area contributed by atoms with Crippen LogP contribution in [0.3, 0.4) is 0 Å². The third kappa shape index (κ3) is 13.2. The van der Waals surface area contributed by atoms with Crippen LogP contribution in [0.2, 0.25) is 5.15 Å². The maximum Gasteiger partial charge on any atom is 0.141 e. The van der Waals surface area contributed by atoms with Gasteiger partial charge < -0.3 is 56.0 Å². The number of phenols is 2. The molecule has 0 spiro atoms. The Kier molecular flexibility index (Phi) is 24.3. The summed E-state index contributed by atoms with van der Waals surface area (Å²) in [6, 6.07) is 30.4. The lowest BCUT2D eigenvalue weighted by Crippen LogP contribution is -1.97. The van der Waals surface area contributed by atoms with Crippen molar-refractivity contribution in [1.29, 1.82) is 0 Å². The Morgan fingerprint density at radius 1 is 0.525 bits per heavy atom. The molecule has 59 heavy (non-hydrogen) atoms. The third-order valence-corrected chi connectivity index (χ3v) is 8.84. The van der Waals surface area contributed by atoms with Gasteiger partial charge in [-0.25, -0.2) is 19.9 Å². The van der Waals surface area contributed by atoms with Crippen molar-refractivity contribution in [2.75, 3.05) is 11.1 Å². The molecule has 314 valence electrons. The number of phenolic OH excluding ortho intramolecular Hbond substituents is 2. The average Bonchev–Trinajstić information content (AvgIpc) is 3.22. The van der Waals surface area contributed by atoms with Gasteiger partial charge in [-0.05, 0) is 98.5 Å². The highest BCUT2D eigenvalue weighted by Crippen LogP contribution is 2.34. The Bertz CT molecular complexity index is 2510. The molecular weight excluding hydrogens is 768 g/mol. The van der Waals surface area contributed by atoms with Gasteiger partial charge in [0.15, 0.2) is 0 Å². The molecule has 0 fully saturated rings. The van der Waals surface area contributed by atoms with Crippen molar-refractivity contribution < 1.29 is 32.1 Å². The summed E-state index contributed by atoms with van der Waals surface area (Å²) in [6.07, 6.45) is 12.1. The second kappa shape index (κ2) is 26.4. The summed E-state index contributed by atoms with van der Waals surface area (Å²) in [7, 11) is 0. The van der Waals surface area contributed by atoms with E-state index in [-0.39, 0.29) is 33.4 Å². The maximum atomic E-state index is 10.0. The number of hydrogen-bond donors (Lipinski definition) is 4. The van der Waals surface area contributed by atoms with Gasteiger partial charge in [0.25, 0.3) is 0 Å². The fourth-order valence-corrected chi connectivity index (χ4v) is 5.72. The minimum atomic E-state index is 0. The molecule has 0 aliphatic heterocycles. The summed E-state index contributed by atoms with van der Waals surface area (Å²) in [5, 5.41) is 28.8. The van der Waals surface area contributed by atoms with Gasteiger partial charge in [0, 0.05) is 43.7 Å². The second-order valence-corrected chi connectivity index (χ2v) is 12.2. The SMILES string of the molecule is CC.CC.Cc1cc2ncnc(Cl)c2cc1C.Cc1cc2ncnc(Nc3ccc(O)c4ccccc34)c2cc1C.Nc1ccc(O)c2ccccc12.O.O.O.O.[C-]#C. The van der Waals surface area contributed by atoms with Gasteiger partial charge in [0.05, 0.1) is 11.0 Å². The monoisotopic (exact) mass is 823 g/mol. The van der Waals surface area contributed by atoms with Crippen LogP contribution in [0.4, 0.5) is 17.2 Å². The minimum Gasteiger partial charge on any atom is -0.697 e. The second-order valence-electron chi connectivity index (χ2n) is 11.8. The number of nitrogens with one attached hydrogen (secondary N) is 1. The van der Waals surface area contributed by atoms with Crippen molar-refractivity contribution in [2.24, 2.45) is 0 Å². The number of hydrogen-bond acceptors (Lipinski definition) is 8. The number of aromatic hydroxyl groups is 2. The van der Waals surface area contributed by atoms with Crippen molar-refractivity contribution in [2.45, 2.75) is 55.4 Å². The van der Waals surface area contributed by atoms with Gasteiger partial charge in [-0.1, -0.05) is 87.8 Å². The first-order valence-corrected chi connectivity index (χ1v) is 18.3. The molecule has 0 saturated carbocycles. The number of halogens is 1. The molecule has 13 heteroatoms. The number of benzene rings is 6. The van der Waals surface area contributed by atoms with Gasteiger partial charge in [0.2, 0.25) is 0 Å². The van der Waals surface area contributed by atoms with Crippen molar-refractivity contribution >= 4 is 72.1 Å². The molecule has 0 radical (unpaired) electrons. The smallest absolute Gasteiger partial charge is 0.141 e. The van der Waals surface area contributed by atoms with E-state index in [2.05, 4.69) is 71.5 Å². The fraction of sp³-hybridized carbons (Fsp3) is 0.174. The maximum absolute atomic E-state index is 10.0. The van der Waals surface area contributed by atoms with E-state index in [0.717, 1.165) is 54.9 Å². The molecule has 2 heterocycles. The molecule has 6 aromatic carbocycles. The van der Waals surface area contributed by atoms with Crippen molar-refractivity contribution in [3.05, 3.63) is 144 Å². The highest BCUT2D eigenvalue weighted by molar-refractivity contribution is 6.34. The van der Waals surface area contributed by atoms with Crippen LogP contribution in [0.15, 0.2) is 110 Å². The first-order valence-electron chi connectivity index (χ1n) is 17.9. The predicted molar refractivity (Wildman–Crippen MR) is 247 cm³/mol. The molecule has 0 aliphatic rings. The van der Waals surface area contributed by atoms with E-state index in [1.165, 1.54) is 28.6 Å². The Hall–Kier alpha value is -6.59. The third-order valence-electron chi connectivity index (χ3n) is 8.54. The number of rotatable bonds is 2. The van der Waals surface area contributed by atoms with Crippen molar-refractivity contribution in [1.82, 2.24) is 19.9 Å². The van der Waals surface area contributed by atoms with Gasteiger partial charge >= 0.3 is 0 Å². The first-order chi connectivity index (χ1) is 26.6. The Labute approximate surface area is 351 Å². The molecule has 12 nitrogen and oxygen atoms in total. The molecule has 0 saturated heterocycles. The highest BCUT2D eigenvalue weighted by atomic mass is 35.5. The average molecular weight is 824 g/mol. The summed E-state index contributed by atoms with van der Waals surface area (Å²) in [5.74, 6) is 1.31. The Morgan fingerprint density at radius 3 is 1.46 bits per heavy atom. The van der Waals surface area contributed by atoms with Crippen LogP contribution in [0, 0.1) is 40.5 Å². The van der Waals surface area contributed by atoms with E-state index in [0.29, 0.717) is 10.8 Å². The van der Waals surface area contributed by atoms with E-state index in [4.69, 9.17) is 23.8 Å². The van der Waals surface area contributed by atoms with Crippen LogP contribution in [-0.2, 0) is 0 Å². The van der Waals surface area contributed by atoms with Crippen molar-refractivity contribution in [3.63, 3.8) is 0 Å². The zero-order chi connectivity index (χ0) is 40.7. The topological polar surface area (TPSA) is 256 Å². The largest absolute Gasteiger partial charge is 0.697 e. The number of nitrogens with zero attached hydrogens (tertiary/aromatic N) is 4. The van der Waals surface area contributed by atoms with Crippen LogP contribution in [-0.4, -0.2) is 52.1 Å². The summed E-state index contributed by atoms with van der Waals surface area (Å²) in [5.41, 5.74) is 14.0. The van der Waals surface area contributed by atoms with E-state index in [9.17, 15) is 10.2 Å². The molecule has 8 aromatic rings. The minimum absolute atomic E-state index is 0. The van der Waals surface area contributed by atoms with E-state index in [1.54, 1.807) is 24.5 Å². The number of fused-ring (bicyclic) bond motifs is 4. The van der Waals surface area contributed by atoms with E-state index in [1.807, 2.05) is 94.4 Å². The lowest BCUT2D eigenvalue weighted by atomic mass is 10.1. The fourth-order valence-electron chi connectivity index (χ4n) is 5.53. The zero-order valence-corrected chi connectivity index (χ0v) is 35.4. The Morgan fingerprint density at radius 2 is 0.932 bits per heavy atom. The summed E-state index contributed by atoms with van der Waals surface area (Å²) >= 11 is 5.93. The van der Waals surface area contributed by atoms with Crippen molar-refractivity contribution in [3.8, 4) is 17.9 Å². The van der Waals surface area contributed by atoms with E-state index < -0.39 is 0 Å². The van der Waals surface area contributed by atoms with Crippen LogP contribution >= 0.6 is 11.6 Å².